The van der Waals surface area contributed by atoms with Gasteiger partial charge in [0.2, 0.25) is 5.91 Å². The Kier molecular flexibility index (Phi) is 3.77. The predicted octanol–water partition coefficient (Wildman–Crippen LogP) is 1.40. The van der Waals surface area contributed by atoms with Crippen LogP contribution in [0.1, 0.15) is 25.7 Å². The zero-order valence-corrected chi connectivity index (χ0v) is 8.46. The average molecular weight is 239 g/mol. The summed E-state index contributed by atoms with van der Waals surface area (Å²) in [4.78, 5) is 22.8. The van der Waals surface area contributed by atoms with E-state index in [1.54, 1.807) is 0 Å². The molecule has 0 aliphatic carbocycles. The standard InChI is InChI=1S/C9H12F3NO3/c10-9(11,12)5-7(14)13-4-2-1-3-6(13)8(15)16/h6H,1-5H2,(H,15,16). The number of halogens is 3. The summed E-state index contributed by atoms with van der Waals surface area (Å²) in [6.07, 6.45) is -4.78. The van der Waals surface area contributed by atoms with E-state index >= 15 is 0 Å². The third-order valence-electron chi connectivity index (χ3n) is 2.46. The molecule has 1 amide bonds. The SMILES string of the molecule is O=C(O)C1CCCCN1C(=O)CC(F)(F)F. The van der Waals surface area contributed by atoms with Crippen molar-refractivity contribution in [1.29, 1.82) is 0 Å². The molecule has 1 aliphatic heterocycles. The van der Waals surface area contributed by atoms with Crippen LogP contribution in [0.3, 0.4) is 0 Å². The van der Waals surface area contributed by atoms with Crippen molar-refractivity contribution in [3.8, 4) is 0 Å². The van der Waals surface area contributed by atoms with Crippen LogP contribution in [0, 0.1) is 0 Å². The van der Waals surface area contributed by atoms with E-state index in [2.05, 4.69) is 0 Å². The molecule has 0 aromatic heterocycles. The molecule has 0 radical (unpaired) electrons. The topological polar surface area (TPSA) is 57.6 Å². The second kappa shape index (κ2) is 4.71. The van der Waals surface area contributed by atoms with E-state index in [1.807, 2.05) is 0 Å². The number of carboxylic acid groups (broad SMARTS) is 1. The fourth-order valence-corrected chi connectivity index (χ4v) is 1.76. The molecule has 1 rings (SSSR count). The third kappa shape index (κ3) is 3.39. The van der Waals surface area contributed by atoms with Gasteiger partial charge in [-0.15, -0.1) is 0 Å². The monoisotopic (exact) mass is 239 g/mol. The zero-order chi connectivity index (χ0) is 12.3. The first kappa shape index (κ1) is 12.8. The number of carbonyl (C=O) groups excluding carboxylic acids is 1. The molecule has 0 saturated carbocycles. The highest BCUT2D eigenvalue weighted by Gasteiger charge is 2.38. The molecule has 4 nitrogen and oxygen atoms in total. The number of hydrogen-bond acceptors (Lipinski definition) is 2. The Bertz CT molecular complexity index is 290. The van der Waals surface area contributed by atoms with Crippen LogP contribution < -0.4 is 0 Å². The molecule has 92 valence electrons. The van der Waals surface area contributed by atoms with Crippen molar-refractivity contribution >= 4 is 11.9 Å². The van der Waals surface area contributed by atoms with Gasteiger partial charge in [-0.1, -0.05) is 0 Å². The highest BCUT2D eigenvalue weighted by Crippen LogP contribution is 2.24. The summed E-state index contributed by atoms with van der Waals surface area (Å²) in [6, 6.07) is -1.11. The second-order valence-corrected chi connectivity index (χ2v) is 3.73. The normalized spacial score (nSPS) is 21.9. The van der Waals surface area contributed by atoms with Gasteiger partial charge in [-0.25, -0.2) is 4.79 Å². The molecule has 1 aliphatic rings. The van der Waals surface area contributed by atoms with Gasteiger partial charge < -0.3 is 10.0 Å². The van der Waals surface area contributed by atoms with E-state index in [-0.39, 0.29) is 13.0 Å². The van der Waals surface area contributed by atoms with Crippen LogP contribution in [0.2, 0.25) is 0 Å². The minimum atomic E-state index is -4.59. The van der Waals surface area contributed by atoms with Crippen LogP contribution in [0.4, 0.5) is 13.2 Å². The Morgan fingerprint density at radius 3 is 2.44 bits per heavy atom. The summed E-state index contributed by atoms with van der Waals surface area (Å²) in [6.45, 7) is 0.0892. The third-order valence-corrected chi connectivity index (χ3v) is 2.46. The van der Waals surface area contributed by atoms with Crippen molar-refractivity contribution in [2.75, 3.05) is 6.54 Å². The first-order valence-electron chi connectivity index (χ1n) is 4.90. The Hall–Kier alpha value is -1.27. The summed E-state index contributed by atoms with van der Waals surface area (Å²) in [5, 5.41) is 8.78. The molecule has 0 aromatic rings. The van der Waals surface area contributed by atoms with Crippen LogP contribution in [-0.2, 0) is 9.59 Å². The first-order chi connectivity index (χ1) is 7.31. The molecule has 1 fully saturated rings. The van der Waals surface area contributed by atoms with Gasteiger partial charge in [-0.2, -0.15) is 13.2 Å². The summed E-state index contributed by atoms with van der Waals surface area (Å²) >= 11 is 0. The van der Waals surface area contributed by atoms with Crippen molar-refractivity contribution in [2.45, 2.75) is 37.9 Å². The molecule has 1 heterocycles. The molecule has 0 spiro atoms. The van der Waals surface area contributed by atoms with Gasteiger partial charge in [-0.3, -0.25) is 4.79 Å². The van der Waals surface area contributed by atoms with E-state index < -0.39 is 30.5 Å². The van der Waals surface area contributed by atoms with Gasteiger partial charge in [0.1, 0.15) is 12.5 Å². The number of carboxylic acids is 1. The summed E-state index contributed by atoms with van der Waals surface area (Å²) in [5.74, 6) is -2.39. The van der Waals surface area contributed by atoms with E-state index in [9.17, 15) is 22.8 Å². The Balaban J connectivity index is 2.68. The quantitative estimate of drug-likeness (QED) is 0.792. The Morgan fingerprint density at radius 1 is 1.31 bits per heavy atom. The first-order valence-corrected chi connectivity index (χ1v) is 4.90. The molecular formula is C9H12F3NO3. The van der Waals surface area contributed by atoms with Crippen molar-refractivity contribution in [2.24, 2.45) is 0 Å². The average Bonchev–Trinajstić information content (AvgIpc) is 2.15. The van der Waals surface area contributed by atoms with Crippen LogP contribution in [0.5, 0.6) is 0 Å². The Morgan fingerprint density at radius 2 is 1.94 bits per heavy atom. The van der Waals surface area contributed by atoms with Crippen molar-refractivity contribution in [1.82, 2.24) is 4.90 Å². The fourth-order valence-electron chi connectivity index (χ4n) is 1.76. The number of aliphatic carboxylic acids is 1. The number of carbonyl (C=O) groups is 2. The van der Waals surface area contributed by atoms with Crippen molar-refractivity contribution < 1.29 is 27.9 Å². The molecule has 0 bridgehead atoms. The summed E-state index contributed by atoms with van der Waals surface area (Å²) in [7, 11) is 0. The van der Waals surface area contributed by atoms with E-state index in [0.29, 0.717) is 12.8 Å². The number of likely N-dealkylation sites (tertiary alicyclic amines) is 1. The van der Waals surface area contributed by atoms with E-state index in [4.69, 9.17) is 5.11 Å². The Labute approximate surface area is 90.0 Å². The maximum atomic E-state index is 12.0. The highest BCUT2D eigenvalue weighted by atomic mass is 19.4. The molecule has 0 aromatic carbocycles. The molecule has 7 heteroatoms. The maximum Gasteiger partial charge on any atom is 0.397 e. The van der Waals surface area contributed by atoms with Gasteiger partial charge in [0.25, 0.3) is 0 Å². The minimum Gasteiger partial charge on any atom is -0.480 e. The summed E-state index contributed by atoms with van der Waals surface area (Å²) < 4.78 is 36.0. The number of piperidine rings is 1. The van der Waals surface area contributed by atoms with Gasteiger partial charge in [0, 0.05) is 6.54 Å². The highest BCUT2D eigenvalue weighted by molar-refractivity contribution is 5.84. The minimum absolute atomic E-state index is 0.0892. The molecule has 1 unspecified atom stereocenters. The van der Waals surface area contributed by atoms with Gasteiger partial charge in [0.05, 0.1) is 0 Å². The number of nitrogens with zero attached hydrogens (tertiary/aromatic N) is 1. The van der Waals surface area contributed by atoms with Gasteiger partial charge in [-0.05, 0) is 19.3 Å². The molecular weight excluding hydrogens is 227 g/mol. The number of rotatable bonds is 2. The number of hydrogen-bond donors (Lipinski definition) is 1. The molecule has 1 N–H and O–H groups in total. The summed E-state index contributed by atoms with van der Waals surface area (Å²) in [5.41, 5.74) is 0. The van der Waals surface area contributed by atoms with Crippen LogP contribution in [0.15, 0.2) is 0 Å². The predicted molar refractivity (Wildman–Crippen MR) is 47.7 cm³/mol. The lowest BCUT2D eigenvalue weighted by Crippen LogP contribution is -2.48. The van der Waals surface area contributed by atoms with E-state index in [1.165, 1.54) is 0 Å². The zero-order valence-electron chi connectivity index (χ0n) is 8.46. The second-order valence-electron chi connectivity index (χ2n) is 3.73. The van der Waals surface area contributed by atoms with Crippen LogP contribution in [-0.4, -0.2) is 40.6 Å². The number of amides is 1. The molecule has 1 atom stereocenters. The maximum absolute atomic E-state index is 12.0. The van der Waals surface area contributed by atoms with Crippen LogP contribution >= 0.6 is 0 Å². The molecule has 1 saturated heterocycles. The van der Waals surface area contributed by atoms with Gasteiger partial charge >= 0.3 is 12.1 Å². The van der Waals surface area contributed by atoms with E-state index in [0.717, 1.165) is 4.90 Å². The smallest absolute Gasteiger partial charge is 0.397 e. The van der Waals surface area contributed by atoms with Crippen molar-refractivity contribution in [3.05, 3.63) is 0 Å². The molecule has 16 heavy (non-hydrogen) atoms. The van der Waals surface area contributed by atoms with Crippen molar-refractivity contribution in [3.63, 3.8) is 0 Å². The lowest BCUT2D eigenvalue weighted by molar-refractivity contribution is -0.168. The number of alkyl halides is 3. The lowest BCUT2D eigenvalue weighted by atomic mass is 10.0. The largest absolute Gasteiger partial charge is 0.480 e. The van der Waals surface area contributed by atoms with Crippen LogP contribution in [0.25, 0.3) is 0 Å². The lowest BCUT2D eigenvalue weighted by Gasteiger charge is -2.33. The fraction of sp³-hybridized carbons (Fsp3) is 0.778. The van der Waals surface area contributed by atoms with Gasteiger partial charge in [0.15, 0.2) is 0 Å².